The topological polar surface area (TPSA) is 62.6 Å². The van der Waals surface area contributed by atoms with Crippen molar-refractivity contribution in [2.45, 2.75) is 39.9 Å². The van der Waals surface area contributed by atoms with Crippen molar-refractivity contribution in [1.82, 2.24) is 10.2 Å². The number of hydrogen-bond acceptors (Lipinski definition) is 5. The van der Waals surface area contributed by atoms with Gasteiger partial charge in [0.1, 0.15) is 5.76 Å². The van der Waals surface area contributed by atoms with Crippen LogP contribution in [-0.4, -0.2) is 44.0 Å². The van der Waals surface area contributed by atoms with Gasteiger partial charge in [-0.05, 0) is 25.5 Å². The van der Waals surface area contributed by atoms with Gasteiger partial charge in [0.15, 0.2) is 9.84 Å². The first-order valence-corrected chi connectivity index (χ1v) is 9.40. The van der Waals surface area contributed by atoms with Gasteiger partial charge in [-0.3, -0.25) is 4.90 Å². The van der Waals surface area contributed by atoms with E-state index in [1.165, 1.54) is 0 Å². The SMILES string of the molecule is CC(C)CNCc1ccoc1CN1CCS(=O)(=O)CC1C. The van der Waals surface area contributed by atoms with Crippen LogP contribution in [0.3, 0.4) is 0 Å². The molecule has 1 N–H and O–H groups in total. The minimum atomic E-state index is -2.86. The highest BCUT2D eigenvalue weighted by Gasteiger charge is 2.28. The zero-order chi connectivity index (χ0) is 15.5. The molecule has 2 rings (SSSR count). The minimum Gasteiger partial charge on any atom is -0.468 e. The van der Waals surface area contributed by atoms with E-state index >= 15 is 0 Å². The van der Waals surface area contributed by atoms with Gasteiger partial charge in [-0.25, -0.2) is 8.42 Å². The zero-order valence-corrected chi connectivity index (χ0v) is 13.9. The molecule has 0 amide bonds. The first kappa shape index (κ1) is 16.5. The van der Waals surface area contributed by atoms with Crippen molar-refractivity contribution >= 4 is 9.84 Å². The van der Waals surface area contributed by atoms with E-state index < -0.39 is 9.84 Å². The summed E-state index contributed by atoms with van der Waals surface area (Å²) in [5.41, 5.74) is 1.16. The van der Waals surface area contributed by atoms with Gasteiger partial charge in [0, 0.05) is 24.7 Å². The van der Waals surface area contributed by atoms with Crippen LogP contribution in [0, 0.1) is 5.92 Å². The Hall–Kier alpha value is -0.850. The van der Waals surface area contributed by atoms with E-state index in [0.29, 0.717) is 19.0 Å². The predicted molar refractivity (Wildman–Crippen MR) is 83.8 cm³/mol. The molecule has 1 aromatic rings. The van der Waals surface area contributed by atoms with E-state index in [2.05, 4.69) is 24.1 Å². The monoisotopic (exact) mass is 314 g/mol. The first-order valence-electron chi connectivity index (χ1n) is 7.58. The Morgan fingerprint density at radius 1 is 1.48 bits per heavy atom. The summed E-state index contributed by atoms with van der Waals surface area (Å²) in [7, 11) is -2.86. The standard InChI is InChI=1S/C15H26N2O3S/c1-12(2)8-16-9-14-4-6-20-15(14)10-17-5-7-21(18,19)11-13(17)3/h4,6,12-13,16H,5,7-11H2,1-3H3. The second kappa shape index (κ2) is 6.94. The molecule has 1 unspecified atom stereocenters. The molecule has 0 aliphatic carbocycles. The van der Waals surface area contributed by atoms with Gasteiger partial charge < -0.3 is 9.73 Å². The number of sulfone groups is 1. The Balaban J connectivity index is 1.93. The Morgan fingerprint density at radius 2 is 2.24 bits per heavy atom. The molecule has 21 heavy (non-hydrogen) atoms. The summed E-state index contributed by atoms with van der Waals surface area (Å²) >= 11 is 0. The average Bonchev–Trinajstić information content (AvgIpc) is 2.79. The fourth-order valence-corrected chi connectivity index (χ4v) is 4.24. The maximum absolute atomic E-state index is 11.6. The molecule has 0 bridgehead atoms. The molecule has 0 radical (unpaired) electrons. The molecular formula is C15H26N2O3S. The summed E-state index contributed by atoms with van der Waals surface area (Å²) in [6.45, 7) is 9.37. The lowest BCUT2D eigenvalue weighted by atomic mass is 10.2. The zero-order valence-electron chi connectivity index (χ0n) is 13.1. The number of nitrogens with one attached hydrogen (secondary N) is 1. The molecule has 1 aliphatic rings. The largest absolute Gasteiger partial charge is 0.468 e. The van der Waals surface area contributed by atoms with Crippen LogP contribution in [0.25, 0.3) is 0 Å². The molecule has 0 spiro atoms. The number of furan rings is 1. The molecule has 1 atom stereocenters. The highest BCUT2D eigenvalue weighted by atomic mass is 32.2. The fourth-order valence-electron chi connectivity index (χ4n) is 2.61. The van der Waals surface area contributed by atoms with E-state index in [1.807, 2.05) is 13.0 Å². The molecule has 5 nitrogen and oxygen atoms in total. The molecule has 1 aliphatic heterocycles. The van der Waals surface area contributed by atoms with Gasteiger partial charge in [-0.15, -0.1) is 0 Å². The fraction of sp³-hybridized carbons (Fsp3) is 0.733. The van der Waals surface area contributed by atoms with Crippen LogP contribution >= 0.6 is 0 Å². The molecule has 1 saturated heterocycles. The van der Waals surface area contributed by atoms with Crippen LogP contribution < -0.4 is 5.32 Å². The summed E-state index contributed by atoms with van der Waals surface area (Å²) in [6, 6.07) is 2.04. The molecule has 0 aromatic carbocycles. The van der Waals surface area contributed by atoms with Crippen molar-refractivity contribution in [3.8, 4) is 0 Å². The maximum Gasteiger partial charge on any atom is 0.153 e. The van der Waals surface area contributed by atoms with Gasteiger partial charge in [0.2, 0.25) is 0 Å². The quantitative estimate of drug-likeness (QED) is 0.865. The van der Waals surface area contributed by atoms with Gasteiger partial charge in [0.05, 0.1) is 24.3 Å². The lowest BCUT2D eigenvalue weighted by Crippen LogP contribution is -2.46. The third-order valence-corrected chi connectivity index (χ3v) is 5.66. The van der Waals surface area contributed by atoms with Gasteiger partial charge in [0.25, 0.3) is 0 Å². The third kappa shape index (κ3) is 4.83. The summed E-state index contributed by atoms with van der Waals surface area (Å²) in [4.78, 5) is 2.19. The summed E-state index contributed by atoms with van der Waals surface area (Å²) in [6.07, 6.45) is 1.72. The van der Waals surface area contributed by atoms with E-state index in [-0.39, 0.29) is 17.5 Å². The van der Waals surface area contributed by atoms with Crippen molar-refractivity contribution in [3.05, 3.63) is 23.7 Å². The third-order valence-electron chi connectivity index (χ3n) is 3.86. The van der Waals surface area contributed by atoms with Crippen LogP contribution in [0.15, 0.2) is 16.7 Å². The minimum absolute atomic E-state index is 0.0466. The predicted octanol–water partition coefficient (Wildman–Crippen LogP) is 1.64. The second-order valence-electron chi connectivity index (χ2n) is 6.33. The lowest BCUT2D eigenvalue weighted by molar-refractivity contribution is 0.200. The molecular weight excluding hydrogens is 288 g/mol. The van der Waals surface area contributed by atoms with Crippen LogP contribution in [0.1, 0.15) is 32.1 Å². The van der Waals surface area contributed by atoms with Crippen molar-refractivity contribution in [2.24, 2.45) is 5.92 Å². The molecule has 1 aromatic heterocycles. The second-order valence-corrected chi connectivity index (χ2v) is 8.56. The molecule has 1 fully saturated rings. The van der Waals surface area contributed by atoms with Gasteiger partial charge >= 0.3 is 0 Å². The molecule has 6 heteroatoms. The Kier molecular flexibility index (Phi) is 5.46. The molecule has 0 saturated carbocycles. The van der Waals surface area contributed by atoms with Crippen molar-refractivity contribution in [3.63, 3.8) is 0 Å². The smallest absolute Gasteiger partial charge is 0.153 e. The average molecular weight is 314 g/mol. The van der Waals surface area contributed by atoms with Crippen molar-refractivity contribution in [2.75, 3.05) is 24.6 Å². The highest BCUT2D eigenvalue weighted by Crippen LogP contribution is 2.18. The van der Waals surface area contributed by atoms with E-state index in [9.17, 15) is 8.42 Å². The first-order chi connectivity index (χ1) is 9.87. The molecule has 2 heterocycles. The highest BCUT2D eigenvalue weighted by molar-refractivity contribution is 7.91. The number of nitrogens with zero attached hydrogens (tertiary/aromatic N) is 1. The van der Waals surface area contributed by atoms with Crippen molar-refractivity contribution < 1.29 is 12.8 Å². The Morgan fingerprint density at radius 3 is 2.90 bits per heavy atom. The number of hydrogen-bond donors (Lipinski definition) is 1. The Bertz CT molecular complexity index is 551. The summed E-state index contributed by atoms with van der Waals surface area (Å²) in [5, 5.41) is 3.41. The number of rotatable bonds is 6. The molecule has 120 valence electrons. The summed E-state index contributed by atoms with van der Waals surface area (Å²) < 4.78 is 28.8. The van der Waals surface area contributed by atoms with E-state index in [1.54, 1.807) is 6.26 Å². The van der Waals surface area contributed by atoms with Gasteiger partial charge in [-0.2, -0.15) is 0 Å². The van der Waals surface area contributed by atoms with E-state index in [0.717, 1.165) is 24.4 Å². The van der Waals surface area contributed by atoms with Crippen LogP contribution in [-0.2, 0) is 22.9 Å². The maximum atomic E-state index is 11.6. The Labute approximate surface area is 127 Å². The van der Waals surface area contributed by atoms with Crippen LogP contribution in [0.4, 0.5) is 0 Å². The van der Waals surface area contributed by atoms with Crippen molar-refractivity contribution in [1.29, 1.82) is 0 Å². The summed E-state index contributed by atoms with van der Waals surface area (Å²) in [5.74, 6) is 2.05. The van der Waals surface area contributed by atoms with Crippen LogP contribution in [0.5, 0.6) is 0 Å². The van der Waals surface area contributed by atoms with E-state index in [4.69, 9.17) is 4.42 Å². The van der Waals surface area contributed by atoms with Crippen LogP contribution in [0.2, 0.25) is 0 Å². The van der Waals surface area contributed by atoms with Gasteiger partial charge in [-0.1, -0.05) is 13.8 Å². The lowest BCUT2D eigenvalue weighted by Gasteiger charge is -2.32. The normalized spacial score (nSPS) is 22.8.